The maximum atomic E-state index is 14.1. The maximum Gasteiger partial charge on any atom is 0.435 e. The standard InChI is InChI=1S/C30H27ClF5N5O3S2.C9H9F5N2.C2H6/c1-29(2,45(3)43)10-9-20-5-6-21(26(38-20)24(37-16-42)13-17-11-18(32)14-19(33)12-17)22-7-8-23(31)25-27(22)41(15-30(34,35)36)39-28(25)40-46(4)44;1-2-16-7-5(3-4-8(7,10)11)6(15-16)9(12,13)14;1-2/h5-8,11-12,14,16,24H,13,15H2,1-4H3,(H,37,42)(H,39,40);2-4H2,1H3;1-2H3. The maximum absolute atomic E-state index is 14.1. The first kappa shape index (κ1) is 51.6. The van der Waals surface area contributed by atoms with Gasteiger partial charge in [0.2, 0.25) is 6.41 Å². The van der Waals surface area contributed by atoms with Crippen LogP contribution in [0.4, 0.5) is 49.7 Å². The van der Waals surface area contributed by atoms with E-state index in [-0.39, 0.29) is 74.8 Å². The van der Waals surface area contributed by atoms with Crippen LogP contribution in [0.5, 0.6) is 0 Å². The van der Waals surface area contributed by atoms with Crippen LogP contribution < -0.4 is 10.0 Å². The number of carbonyl (C=O) groups is 1. The molecule has 2 N–H and O–H groups in total. The fourth-order valence-electron chi connectivity index (χ4n) is 6.60. The molecular formula is C41H42ClF10N7O3S2. The number of amides is 1. The van der Waals surface area contributed by atoms with Gasteiger partial charge in [0.1, 0.15) is 45.3 Å². The number of fused-ring (bicyclic) bond motifs is 2. The fraction of sp³-hybridized carbons (Fsp3) is 0.415. The van der Waals surface area contributed by atoms with E-state index in [9.17, 15) is 57.1 Å². The Balaban J connectivity index is 0.000000414. The predicted octanol–water partition coefficient (Wildman–Crippen LogP) is 9.82. The zero-order valence-corrected chi connectivity index (χ0v) is 37.6. The molecule has 3 aromatic heterocycles. The SMILES string of the molecule is CC.CCn1nc(C(F)(F)F)c2c1C(F)(F)CC2.CS(=O)Nc1nn(CC(F)(F)F)c2c(-c3ccc(C#CC(C)(C)S(C)=O)nc3C(Cc3cc(F)cc(F)c3)NC=O)ccc(Cl)c12. The first-order valence-corrected chi connectivity index (χ1v) is 22.7. The number of nitrogens with zero attached hydrogens (tertiary/aromatic N) is 5. The van der Waals surface area contributed by atoms with Crippen LogP contribution in [0.25, 0.3) is 22.0 Å². The summed E-state index contributed by atoms with van der Waals surface area (Å²) in [6.07, 6.45) is -7.25. The second-order valence-corrected chi connectivity index (χ2v) is 17.8. The molecule has 10 nitrogen and oxygen atoms in total. The molecule has 3 heterocycles. The molecule has 0 bridgehead atoms. The lowest BCUT2D eigenvalue weighted by molar-refractivity contribution is -0.142. The smallest absolute Gasteiger partial charge is 0.350 e. The molecule has 0 spiro atoms. The van der Waals surface area contributed by atoms with E-state index in [1.165, 1.54) is 43.7 Å². The minimum Gasteiger partial charge on any atom is -0.350 e. The number of alkyl halides is 8. The van der Waals surface area contributed by atoms with Gasteiger partial charge in [-0.2, -0.15) is 45.3 Å². The first-order valence-electron chi connectivity index (χ1n) is 19.2. The Bertz CT molecular complexity index is 2600. The van der Waals surface area contributed by atoms with Crippen LogP contribution in [0.15, 0.2) is 42.5 Å². The highest BCUT2D eigenvalue weighted by atomic mass is 35.5. The van der Waals surface area contributed by atoms with Crippen molar-refractivity contribution in [1.82, 2.24) is 29.9 Å². The van der Waals surface area contributed by atoms with Crippen molar-refractivity contribution >= 4 is 56.5 Å². The molecule has 0 aliphatic heterocycles. The molecular weight excluding hydrogens is 928 g/mol. The third-order valence-corrected chi connectivity index (χ3v) is 11.8. The Morgan fingerprint density at radius 2 is 1.58 bits per heavy atom. The van der Waals surface area contributed by atoms with E-state index in [0.717, 1.165) is 16.8 Å². The topological polar surface area (TPSA) is 124 Å². The average molecular weight is 970 g/mol. The molecule has 64 heavy (non-hydrogen) atoms. The highest BCUT2D eigenvalue weighted by Crippen LogP contribution is 2.46. The number of carbonyl (C=O) groups excluding carboxylic acids is 1. The Labute approximate surface area is 371 Å². The van der Waals surface area contributed by atoms with E-state index in [0.29, 0.717) is 17.2 Å². The molecule has 0 radical (unpaired) electrons. The van der Waals surface area contributed by atoms with Crippen LogP contribution in [0, 0.1) is 23.5 Å². The predicted molar refractivity (Wildman–Crippen MR) is 225 cm³/mol. The number of pyridine rings is 1. The van der Waals surface area contributed by atoms with Gasteiger partial charge in [0, 0.05) is 59.0 Å². The van der Waals surface area contributed by atoms with Crippen molar-refractivity contribution < 1.29 is 57.1 Å². The third-order valence-electron chi connectivity index (χ3n) is 9.45. The Kier molecular flexibility index (Phi) is 16.5. The highest BCUT2D eigenvalue weighted by molar-refractivity contribution is 7.86. The van der Waals surface area contributed by atoms with Crippen molar-refractivity contribution in [2.75, 3.05) is 17.2 Å². The van der Waals surface area contributed by atoms with E-state index in [1.54, 1.807) is 13.8 Å². The van der Waals surface area contributed by atoms with Crippen LogP contribution in [0.1, 0.15) is 81.0 Å². The lowest BCUT2D eigenvalue weighted by Gasteiger charge is -2.21. The molecule has 6 rings (SSSR count). The minimum atomic E-state index is -4.71. The first-order chi connectivity index (χ1) is 29.8. The summed E-state index contributed by atoms with van der Waals surface area (Å²) in [5, 5.41) is 9.92. The van der Waals surface area contributed by atoms with Crippen LogP contribution in [-0.2, 0) is 64.6 Å². The van der Waals surface area contributed by atoms with Gasteiger partial charge in [-0.25, -0.2) is 18.0 Å². The Morgan fingerprint density at radius 3 is 2.12 bits per heavy atom. The van der Waals surface area contributed by atoms with Crippen molar-refractivity contribution in [3.8, 4) is 23.0 Å². The highest BCUT2D eigenvalue weighted by Gasteiger charge is 2.49. The monoisotopic (exact) mass is 969 g/mol. The number of anilines is 1. The van der Waals surface area contributed by atoms with Crippen molar-refractivity contribution in [3.05, 3.63) is 93.0 Å². The van der Waals surface area contributed by atoms with Crippen molar-refractivity contribution in [3.63, 3.8) is 0 Å². The quantitative estimate of drug-likeness (QED) is 0.0772. The van der Waals surface area contributed by atoms with E-state index in [2.05, 4.69) is 37.1 Å². The summed E-state index contributed by atoms with van der Waals surface area (Å²) in [6.45, 7) is 7.31. The summed E-state index contributed by atoms with van der Waals surface area (Å²) >= 11 is 6.45. The largest absolute Gasteiger partial charge is 0.435 e. The van der Waals surface area contributed by atoms with Gasteiger partial charge in [-0.05, 0) is 75.4 Å². The number of benzene rings is 2. The molecule has 23 heteroatoms. The summed E-state index contributed by atoms with van der Waals surface area (Å²) in [5.41, 5.74) is -1.37. The van der Waals surface area contributed by atoms with Crippen molar-refractivity contribution in [2.24, 2.45) is 0 Å². The summed E-state index contributed by atoms with van der Waals surface area (Å²) in [6, 6.07) is 7.66. The molecule has 3 atom stereocenters. The lowest BCUT2D eigenvalue weighted by Crippen LogP contribution is -2.24. The summed E-state index contributed by atoms with van der Waals surface area (Å²) < 4.78 is 161. The van der Waals surface area contributed by atoms with Crippen LogP contribution >= 0.6 is 11.6 Å². The number of nitrogens with one attached hydrogen (secondary N) is 2. The fourth-order valence-corrected chi connectivity index (χ4v) is 7.45. The molecule has 0 saturated carbocycles. The molecule has 1 amide bonds. The zero-order valence-electron chi connectivity index (χ0n) is 35.2. The van der Waals surface area contributed by atoms with E-state index in [1.807, 2.05) is 13.8 Å². The normalized spacial score (nSPS) is 14.8. The van der Waals surface area contributed by atoms with Gasteiger partial charge in [0.05, 0.1) is 27.7 Å². The Morgan fingerprint density at radius 1 is 0.953 bits per heavy atom. The second kappa shape index (κ2) is 20.4. The lowest BCUT2D eigenvalue weighted by atomic mass is 9.94. The minimum absolute atomic E-state index is 0.00794. The van der Waals surface area contributed by atoms with Gasteiger partial charge in [-0.3, -0.25) is 23.1 Å². The summed E-state index contributed by atoms with van der Waals surface area (Å²) in [7, 11) is -3.06. The number of hydrogen-bond acceptors (Lipinski definition) is 6. The van der Waals surface area contributed by atoms with E-state index >= 15 is 0 Å². The van der Waals surface area contributed by atoms with Gasteiger partial charge in [-0.15, -0.1) is 0 Å². The van der Waals surface area contributed by atoms with E-state index in [4.69, 9.17) is 11.6 Å². The number of hydrogen-bond donors (Lipinski definition) is 2. The van der Waals surface area contributed by atoms with Crippen LogP contribution in [0.3, 0.4) is 0 Å². The number of rotatable bonds is 11. The average Bonchev–Trinajstić information content (AvgIpc) is 3.85. The van der Waals surface area contributed by atoms with Gasteiger partial charge >= 0.3 is 12.4 Å². The van der Waals surface area contributed by atoms with Crippen molar-refractivity contribution in [2.45, 2.75) is 96.0 Å². The molecule has 0 saturated heterocycles. The number of aryl methyl sites for hydroxylation is 1. The van der Waals surface area contributed by atoms with Crippen LogP contribution in [0.2, 0.25) is 5.02 Å². The van der Waals surface area contributed by atoms with Gasteiger partial charge < -0.3 is 5.32 Å². The van der Waals surface area contributed by atoms with E-state index < -0.39 is 86.8 Å². The summed E-state index contributed by atoms with van der Waals surface area (Å²) in [4.78, 5) is 16.4. The molecule has 3 unspecified atom stereocenters. The second-order valence-electron chi connectivity index (χ2n) is 14.4. The third kappa shape index (κ3) is 12.2. The van der Waals surface area contributed by atoms with Gasteiger partial charge in [0.15, 0.2) is 11.5 Å². The molecule has 0 fully saturated rings. The molecule has 1 aliphatic rings. The number of aromatic nitrogens is 5. The zero-order chi connectivity index (χ0) is 48.1. The number of halogens is 11. The molecule has 348 valence electrons. The van der Waals surface area contributed by atoms with Crippen molar-refractivity contribution in [1.29, 1.82) is 0 Å². The summed E-state index contributed by atoms with van der Waals surface area (Å²) in [5.74, 6) is 0.693. The van der Waals surface area contributed by atoms with Gasteiger partial charge in [0.25, 0.3) is 5.92 Å². The molecule has 5 aromatic rings. The molecule has 2 aromatic carbocycles. The van der Waals surface area contributed by atoms with Gasteiger partial charge in [-0.1, -0.05) is 37.4 Å². The Hall–Kier alpha value is -5.01. The molecule has 1 aliphatic carbocycles. The van der Waals surface area contributed by atoms with Crippen LogP contribution in [-0.4, -0.2) is 62.8 Å².